The van der Waals surface area contributed by atoms with Crippen molar-refractivity contribution in [2.75, 3.05) is 13.7 Å². The molecule has 0 saturated carbocycles. The summed E-state index contributed by atoms with van der Waals surface area (Å²) < 4.78 is 13.0. The van der Waals surface area contributed by atoms with E-state index in [9.17, 15) is 9.59 Å². The Morgan fingerprint density at radius 1 is 1.25 bits per heavy atom. The van der Waals surface area contributed by atoms with Crippen LogP contribution in [0.2, 0.25) is 5.02 Å². The average molecular weight is 419 g/mol. The Balaban J connectivity index is 2.18. The second-order valence-electron chi connectivity index (χ2n) is 5.94. The van der Waals surface area contributed by atoms with Crippen molar-refractivity contribution >= 4 is 45.0 Å². The van der Waals surface area contributed by atoms with Crippen LogP contribution in [0.4, 0.5) is 0 Å². The van der Waals surface area contributed by atoms with Gasteiger partial charge in [0.05, 0.1) is 23.9 Å². The zero-order chi connectivity index (χ0) is 20.3. The molecule has 8 heteroatoms. The fraction of sp³-hybridized carbons (Fsp3) is 0.250. The number of nitrogens with zero attached hydrogens (tertiary/aromatic N) is 2. The number of halogens is 1. The van der Waals surface area contributed by atoms with Crippen molar-refractivity contribution in [3.8, 4) is 5.75 Å². The zero-order valence-electron chi connectivity index (χ0n) is 15.6. The summed E-state index contributed by atoms with van der Waals surface area (Å²) >= 11 is 7.28. The highest BCUT2D eigenvalue weighted by molar-refractivity contribution is 7.16. The molecule has 0 N–H and O–H groups in total. The molecule has 1 amide bonds. The van der Waals surface area contributed by atoms with Crippen LogP contribution >= 0.6 is 22.9 Å². The molecular weight excluding hydrogens is 400 g/mol. The number of thiazole rings is 1. The van der Waals surface area contributed by atoms with Gasteiger partial charge in [-0.1, -0.05) is 29.0 Å². The highest BCUT2D eigenvalue weighted by Gasteiger charge is 2.21. The SMILES string of the molecule is CCOC(=O)C(C)n1c(=NC(=O)c2cccc(Cl)c2)sc2cc(OC)ccc21. The van der Waals surface area contributed by atoms with E-state index in [0.29, 0.717) is 21.1 Å². The van der Waals surface area contributed by atoms with E-state index in [1.54, 1.807) is 55.9 Å². The molecule has 3 aromatic rings. The zero-order valence-corrected chi connectivity index (χ0v) is 17.2. The monoisotopic (exact) mass is 418 g/mol. The number of hydrogen-bond acceptors (Lipinski definition) is 5. The van der Waals surface area contributed by atoms with Gasteiger partial charge in [0, 0.05) is 10.6 Å². The number of ether oxygens (including phenoxy) is 2. The molecule has 2 aromatic carbocycles. The van der Waals surface area contributed by atoms with Crippen LogP contribution in [-0.4, -0.2) is 30.2 Å². The number of hydrogen-bond donors (Lipinski definition) is 0. The van der Waals surface area contributed by atoms with Crippen LogP contribution in [0.1, 0.15) is 30.2 Å². The van der Waals surface area contributed by atoms with E-state index in [0.717, 1.165) is 10.2 Å². The van der Waals surface area contributed by atoms with Crippen LogP contribution in [0.5, 0.6) is 5.75 Å². The summed E-state index contributed by atoms with van der Waals surface area (Å²) in [6.07, 6.45) is 0. The third-order valence-electron chi connectivity index (χ3n) is 4.12. The number of carbonyl (C=O) groups is 2. The maximum atomic E-state index is 12.7. The van der Waals surface area contributed by atoms with Crippen molar-refractivity contribution in [2.45, 2.75) is 19.9 Å². The first-order valence-corrected chi connectivity index (χ1v) is 9.84. The Labute approximate surface area is 171 Å². The van der Waals surface area contributed by atoms with E-state index in [1.807, 2.05) is 12.1 Å². The Morgan fingerprint density at radius 3 is 2.71 bits per heavy atom. The third-order valence-corrected chi connectivity index (χ3v) is 5.37. The number of methoxy groups -OCH3 is 1. The molecule has 1 heterocycles. The van der Waals surface area contributed by atoms with Gasteiger partial charge < -0.3 is 14.0 Å². The van der Waals surface area contributed by atoms with Crippen LogP contribution in [-0.2, 0) is 9.53 Å². The number of amides is 1. The predicted molar refractivity (Wildman–Crippen MR) is 109 cm³/mol. The van der Waals surface area contributed by atoms with Gasteiger partial charge in [-0.15, -0.1) is 0 Å². The lowest BCUT2D eigenvalue weighted by atomic mass is 10.2. The molecule has 1 unspecified atom stereocenters. The van der Waals surface area contributed by atoms with Crippen molar-refractivity contribution in [1.82, 2.24) is 4.57 Å². The number of benzene rings is 2. The van der Waals surface area contributed by atoms with Gasteiger partial charge in [-0.2, -0.15) is 4.99 Å². The minimum atomic E-state index is -0.645. The van der Waals surface area contributed by atoms with Crippen LogP contribution in [0, 0.1) is 0 Å². The molecule has 0 bridgehead atoms. The summed E-state index contributed by atoms with van der Waals surface area (Å²) in [5.74, 6) is -0.155. The van der Waals surface area contributed by atoms with Crippen LogP contribution in [0.15, 0.2) is 47.5 Å². The topological polar surface area (TPSA) is 69.9 Å². The number of rotatable bonds is 5. The number of esters is 1. The Bertz CT molecular complexity index is 1100. The first-order valence-electron chi connectivity index (χ1n) is 8.65. The van der Waals surface area contributed by atoms with Crippen molar-refractivity contribution in [1.29, 1.82) is 0 Å². The second-order valence-corrected chi connectivity index (χ2v) is 7.39. The molecule has 6 nitrogen and oxygen atoms in total. The molecule has 0 aliphatic carbocycles. The highest BCUT2D eigenvalue weighted by atomic mass is 35.5. The lowest BCUT2D eigenvalue weighted by molar-refractivity contribution is -0.146. The van der Waals surface area contributed by atoms with Gasteiger partial charge in [0.2, 0.25) is 0 Å². The first-order chi connectivity index (χ1) is 13.4. The molecule has 1 aromatic heterocycles. The summed E-state index contributed by atoms with van der Waals surface area (Å²) in [6, 6.07) is 11.4. The molecule has 1 atom stereocenters. The highest BCUT2D eigenvalue weighted by Crippen LogP contribution is 2.26. The van der Waals surface area contributed by atoms with E-state index >= 15 is 0 Å². The molecule has 146 valence electrons. The Morgan fingerprint density at radius 2 is 2.04 bits per heavy atom. The van der Waals surface area contributed by atoms with Crippen molar-refractivity contribution in [2.24, 2.45) is 4.99 Å². The van der Waals surface area contributed by atoms with E-state index in [1.165, 1.54) is 11.3 Å². The summed E-state index contributed by atoms with van der Waals surface area (Å²) in [6.45, 7) is 3.74. The van der Waals surface area contributed by atoms with Gasteiger partial charge in [0.15, 0.2) is 4.80 Å². The van der Waals surface area contributed by atoms with Crippen molar-refractivity contribution in [3.63, 3.8) is 0 Å². The maximum absolute atomic E-state index is 12.7. The molecular formula is C20H19ClN2O4S. The average Bonchev–Trinajstić information content (AvgIpc) is 3.04. The molecule has 0 aliphatic rings. The van der Waals surface area contributed by atoms with Gasteiger partial charge in [0.1, 0.15) is 11.8 Å². The summed E-state index contributed by atoms with van der Waals surface area (Å²) in [4.78, 5) is 29.7. The van der Waals surface area contributed by atoms with Crippen LogP contribution < -0.4 is 9.54 Å². The summed E-state index contributed by atoms with van der Waals surface area (Å²) in [5, 5.41) is 0.454. The molecule has 0 fully saturated rings. The molecule has 0 radical (unpaired) electrons. The van der Waals surface area contributed by atoms with E-state index in [2.05, 4.69) is 4.99 Å². The second kappa shape index (κ2) is 8.58. The van der Waals surface area contributed by atoms with Crippen LogP contribution in [0.25, 0.3) is 10.2 Å². The number of fused-ring (bicyclic) bond motifs is 1. The van der Waals surface area contributed by atoms with E-state index < -0.39 is 17.9 Å². The minimum absolute atomic E-state index is 0.271. The van der Waals surface area contributed by atoms with Crippen molar-refractivity contribution < 1.29 is 19.1 Å². The Kier molecular flexibility index (Phi) is 6.16. The van der Waals surface area contributed by atoms with E-state index in [-0.39, 0.29) is 6.61 Å². The molecule has 0 aliphatic heterocycles. The van der Waals surface area contributed by atoms with Gasteiger partial charge in [-0.05, 0) is 50.2 Å². The number of aromatic nitrogens is 1. The quantitative estimate of drug-likeness (QED) is 0.581. The lowest BCUT2D eigenvalue weighted by Gasteiger charge is -2.13. The van der Waals surface area contributed by atoms with Gasteiger partial charge in [-0.25, -0.2) is 4.79 Å². The molecule has 3 rings (SSSR count). The molecule has 0 spiro atoms. The smallest absolute Gasteiger partial charge is 0.328 e. The Hall–Kier alpha value is -2.64. The molecule has 28 heavy (non-hydrogen) atoms. The van der Waals surface area contributed by atoms with Crippen molar-refractivity contribution in [3.05, 3.63) is 57.9 Å². The standard InChI is InChI=1S/C20H19ClN2O4S/c1-4-27-19(25)12(2)23-16-9-8-15(26-3)11-17(16)28-20(23)22-18(24)13-6-5-7-14(21)10-13/h5-12H,4H2,1-3H3. The fourth-order valence-electron chi connectivity index (χ4n) is 2.74. The predicted octanol–water partition coefficient (Wildman–Crippen LogP) is 4.23. The summed E-state index contributed by atoms with van der Waals surface area (Å²) in [7, 11) is 1.58. The molecule has 0 saturated heterocycles. The van der Waals surface area contributed by atoms with E-state index in [4.69, 9.17) is 21.1 Å². The first kappa shape index (κ1) is 20.1. The lowest BCUT2D eigenvalue weighted by Crippen LogP contribution is -2.27. The number of carbonyl (C=O) groups excluding carboxylic acids is 2. The van der Waals surface area contributed by atoms with Gasteiger partial charge >= 0.3 is 5.97 Å². The minimum Gasteiger partial charge on any atom is -0.497 e. The largest absolute Gasteiger partial charge is 0.497 e. The normalized spacial score (nSPS) is 12.8. The van der Waals surface area contributed by atoms with Gasteiger partial charge in [0.25, 0.3) is 5.91 Å². The maximum Gasteiger partial charge on any atom is 0.328 e. The van der Waals surface area contributed by atoms with Gasteiger partial charge in [-0.3, -0.25) is 4.79 Å². The summed E-state index contributed by atoms with van der Waals surface area (Å²) in [5.41, 5.74) is 1.14. The fourth-order valence-corrected chi connectivity index (χ4v) is 4.06. The third kappa shape index (κ3) is 4.10. The van der Waals surface area contributed by atoms with Crippen LogP contribution in [0.3, 0.4) is 0 Å².